The zero-order valence-electron chi connectivity index (χ0n) is 15.7. The molecule has 3 aromatic rings. The Morgan fingerprint density at radius 2 is 1.64 bits per heavy atom. The van der Waals surface area contributed by atoms with Crippen LogP contribution in [0, 0.1) is 0 Å². The van der Waals surface area contributed by atoms with Crippen LogP contribution < -0.4 is 40.4 Å². The molecule has 0 spiro atoms. The minimum Gasteiger partial charge on any atom is -0.477 e. The molecule has 8 nitrogen and oxygen atoms in total. The van der Waals surface area contributed by atoms with Crippen molar-refractivity contribution in [2.75, 3.05) is 0 Å². The molecule has 2 N–H and O–H groups in total. The molecule has 0 bridgehead atoms. The van der Waals surface area contributed by atoms with Crippen molar-refractivity contribution in [2.45, 2.75) is 33.2 Å². The van der Waals surface area contributed by atoms with Crippen LogP contribution in [0.5, 0.6) is 0 Å². The number of aryl methyl sites for hydroxylation is 2. The topological polar surface area (TPSA) is 127 Å². The molecule has 9 heteroatoms. The first kappa shape index (κ1) is 21.9. The molecule has 0 saturated heterocycles. The van der Waals surface area contributed by atoms with Crippen molar-refractivity contribution in [3.05, 3.63) is 55.7 Å². The first-order valence-electron chi connectivity index (χ1n) is 8.44. The number of benzene rings is 1. The Kier molecular flexibility index (Phi) is 6.48. The fourth-order valence-corrected chi connectivity index (χ4v) is 3.34. The third-order valence-corrected chi connectivity index (χ3v) is 4.43. The van der Waals surface area contributed by atoms with Crippen LogP contribution in [0.4, 0.5) is 0 Å². The maximum Gasteiger partial charge on any atom is 1.00 e. The summed E-state index contributed by atoms with van der Waals surface area (Å²) in [5.41, 5.74) is -0.401. The van der Waals surface area contributed by atoms with Gasteiger partial charge in [0.15, 0.2) is 10.9 Å². The molecule has 0 aliphatic rings. The molecular formula is C19H17NNaO7+. The number of rotatable bonds is 5. The van der Waals surface area contributed by atoms with Gasteiger partial charge in [0.1, 0.15) is 11.3 Å². The molecule has 1 aromatic carbocycles. The number of fused-ring (bicyclic) bond motifs is 2. The van der Waals surface area contributed by atoms with Crippen molar-refractivity contribution in [3.63, 3.8) is 0 Å². The molecule has 0 aliphatic heterocycles. The van der Waals surface area contributed by atoms with Gasteiger partial charge in [0.25, 0.3) is 0 Å². The number of aromatic carboxylic acids is 2. The van der Waals surface area contributed by atoms with Crippen molar-refractivity contribution in [3.8, 4) is 0 Å². The van der Waals surface area contributed by atoms with Gasteiger partial charge in [0.2, 0.25) is 5.76 Å². The fraction of sp³-hybridized carbons (Fsp3) is 0.263. The second kappa shape index (κ2) is 8.30. The Hall–Kier alpha value is -2.42. The third-order valence-electron chi connectivity index (χ3n) is 4.43. The first-order chi connectivity index (χ1) is 12.8. The van der Waals surface area contributed by atoms with Gasteiger partial charge in [-0.25, -0.2) is 9.59 Å². The SMILES string of the molecule is CCCc1c2oc(C(=O)O)cc(=O)c2cc2c(=O)cc(C(=O)O)n(CC)c12.[Na+]. The predicted molar refractivity (Wildman–Crippen MR) is 97.8 cm³/mol. The second-order valence-electron chi connectivity index (χ2n) is 6.10. The molecule has 140 valence electrons. The van der Waals surface area contributed by atoms with Crippen molar-refractivity contribution in [2.24, 2.45) is 0 Å². The van der Waals surface area contributed by atoms with E-state index < -0.39 is 28.6 Å². The van der Waals surface area contributed by atoms with Gasteiger partial charge in [-0.1, -0.05) is 13.3 Å². The van der Waals surface area contributed by atoms with Crippen LogP contribution in [0.3, 0.4) is 0 Å². The zero-order valence-corrected chi connectivity index (χ0v) is 17.7. The van der Waals surface area contributed by atoms with E-state index in [1.54, 1.807) is 6.92 Å². The van der Waals surface area contributed by atoms with Crippen molar-refractivity contribution < 1.29 is 53.8 Å². The molecule has 2 heterocycles. The Labute approximate surface area is 180 Å². The van der Waals surface area contributed by atoms with Gasteiger partial charge in [-0.05, 0) is 19.4 Å². The summed E-state index contributed by atoms with van der Waals surface area (Å²) < 4.78 is 6.94. The van der Waals surface area contributed by atoms with Gasteiger partial charge in [0, 0.05) is 29.6 Å². The Morgan fingerprint density at radius 1 is 1.00 bits per heavy atom. The molecule has 0 radical (unpaired) electrons. The van der Waals surface area contributed by atoms with E-state index in [2.05, 4.69) is 0 Å². The summed E-state index contributed by atoms with van der Waals surface area (Å²) in [7, 11) is 0. The normalized spacial score (nSPS) is 10.8. The van der Waals surface area contributed by atoms with E-state index in [1.165, 1.54) is 10.6 Å². The van der Waals surface area contributed by atoms with E-state index in [9.17, 15) is 29.4 Å². The Balaban J connectivity index is 0.00000280. The standard InChI is InChI=1S/C19H17NO7.Na/c1-3-5-9-16-10(13(21)7-12(18(23)24)20(16)4-2)6-11-14(22)8-15(19(25)26)27-17(9)11;/h6-8H,3-5H2,1-2H3,(H,23,24)(H,25,26);/q;+1. The summed E-state index contributed by atoms with van der Waals surface area (Å²) in [6.45, 7) is 3.88. The predicted octanol–water partition coefficient (Wildman–Crippen LogP) is -0.519. The van der Waals surface area contributed by atoms with E-state index in [4.69, 9.17) is 4.42 Å². The molecule has 0 atom stereocenters. The summed E-state index contributed by atoms with van der Waals surface area (Å²) in [6.07, 6.45) is 0.993. The average molecular weight is 394 g/mol. The molecule has 2 aromatic heterocycles. The number of hydrogen-bond donors (Lipinski definition) is 2. The van der Waals surface area contributed by atoms with Crippen LogP contribution in [0.25, 0.3) is 21.9 Å². The van der Waals surface area contributed by atoms with Crippen LogP contribution in [0.15, 0.2) is 32.2 Å². The molecule has 28 heavy (non-hydrogen) atoms. The average Bonchev–Trinajstić information content (AvgIpc) is 2.62. The van der Waals surface area contributed by atoms with Crippen molar-refractivity contribution in [1.29, 1.82) is 0 Å². The molecular weight excluding hydrogens is 377 g/mol. The van der Waals surface area contributed by atoms with Crippen LogP contribution in [0.2, 0.25) is 0 Å². The van der Waals surface area contributed by atoms with E-state index in [0.29, 0.717) is 23.9 Å². The van der Waals surface area contributed by atoms with Crippen LogP contribution >= 0.6 is 0 Å². The maximum absolute atomic E-state index is 12.6. The second-order valence-corrected chi connectivity index (χ2v) is 6.10. The number of pyridine rings is 1. The summed E-state index contributed by atoms with van der Waals surface area (Å²) in [4.78, 5) is 47.9. The summed E-state index contributed by atoms with van der Waals surface area (Å²) in [5.74, 6) is -3.15. The minimum atomic E-state index is -1.39. The molecule has 3 rings (SSSR count). The number of carboxylic acid groups (broad SMARTS) is 2. The van der Waals surface area contributed by atoms with Gasteiger partial charge < -0.3 is 19.2 Å². The number of hydrogen-bond acceptors (Lipinski definition) is 5. The fourth-order valence-electron chi connectivity index (χ4n) is 3.34. The monoisotopic (exact) mass is 394 g/mol. The summed E-state index contributed by atoms with van der Waals surface area (Å²) in [5, 5.41) is 19.0. The summed E-state index contributed by atoms with van der Waals surface area (Å²) in [6, 6.07) is 3.25. The quantitative estimate of drug-likeness (QED) is 0.440. The molecule has 0 amide bonds. The molecule has 0 unspecified atom stereocenters. The van der Waals surface area contributed by atoms with E-state index >= 15 is 0 Å². The molecule has 0 saturated carbocycles. The first-order valence-corrected chi connectivity index (χ1v) is 8.44. The van der Waals surface area contributed by atoms with Crippen LogP contribution in [-0.2, 0) is 13.0 Å². The molecule has 0 aliphatic carbocycles. The van der Waals surface area contributed by atoms with Gasteiger partial charge >= 0.3 is 41.5 Å². The van der Waals surface area contributed by atoms with Crippen LogP contribution in [0.1, 0.15) is 46.9 Å². The Morgan fingerprint density at radius 3 is 2.18 bits per heavy atom. The smallest absolute Gasteiger partial charge is 0.477 e. The van der Waals surface area contributed by atoms with Gasteiger partial charge in [-0.3, -0.25) is 9.59 Å². The minimum absolute atomic E-state index is 0. The Bertz CT molecular complexity index is 1220. The van der Waals surface area contributed by atoms with E-state index in [1.807, 2.05) is 6.92 Å². The van der Waals surface area contributed by atoms with Gasteiger partial charge in [-0.15, -0.1) is 0 Å². The largest absolute Gasteiger partial charge is 1.00 e. The van der Waals surface area contributed by atoms with Crippen molar-refractivity contribution >= 4 is 33.8 Å². The maximum atomic E-state index is 12.6. The number of aromatic nitrogens is 1. The van der Waals surface area contributed by atoms with Crippen LogP contribution in [-0.4, -0.2) is 26.7 Å². The zero-order chi connectivity index (χ0) is 19.9. The van der Waals surface area contributed by atoms with Crippen molar-refractivity contribution in [1.82, 2.24) is 4.57 Å². The number of carboxylic acids is 2. The van der Waals surface area contributed by atoms with Gasteiger partial charge in [0.05, 0.1) is 10.9 Å². The third kappa shape index (κ3) is 3.50. The number of carbonyl (C=O) groups is 2. The van der Waals surface area contributed by atoms with E-state index in [0.717, 1.165) is 12.1 Å². The number of nitrogens with zero attached hydrogens (tertiary/aromatic N) is 1. The van der Waals surface area contributed by atoms with E-state index in [-0.39, 0.29) is 58.2 Å². The summed E-state index contributed by atoms with van der Waals surface area (Å²) >= 11 is 0. The van der Waals surface area contributed by atoms with Gasteiger partial charge in [-0.2, -0.15) is 0 Å². The molecule has 0 fully saturated rings.